The molecule has 0 atom stereocenters. The molecule has 0 aromatic heterocycles. The minimum atomic E-state index is 0.875. The SMILES string of the molecule is CNCC=Cc1cccc(NN)c1. The maximum atomic E-state index is 5.29. The molecule has 0 fully saturated rings. The number of rotatable bonds is 4. The summed E-state index contributed by atoms with van der Waals surface area (Å²) in [6, 6.07) is 7.92. The summed E-state index contributed by atoms with van der Waals surface area (Å²) < 4.78 is 0. The van der Waals surface area contributed by atoms with E-state index in [-0.39, 0.29) is 0 Å². The van der Waals surface area contributed by atoms with Gasteiger partial charge >= 0.3 is 0 Å². The fourth-order valence-electron chi connectivity index (χ4n) is 1.04. The normalized spacial score (nSPS) is 10.6. The van der Waals surface area contributed by atoms with Gasteiger partial charge in [0.25, 0.3) is 0 Å². The van der Waals surface area contributed by atoms with Crippen molar-refractivity contribution in [2.24, 2.45) is 5.84 Å². The van der Waals surface area contributed by atoms with E-state index in [9.17, 15) is 0 Å². The summed E-state index contributed by atoms with van der Waals surface area (Å²) in [5.74, 6) is 5.29. The third kappa shape index (κ3) is 3.27. The number of anilines is 1. The molecule has 1 aromatic carbocycles. The Balaban J connectivity index is 2.66. The average Bonchev–Trinajstić information content (AvgIpc) is 2.19. The number of nitrogen functional groups attached to an aromatic ring is 1. The molecule has 0 unspecified atom stereocenters. The zero-order valence-corrected chi connectivity index (χ0v) is 7.75. The number of nitrogens with one attached hydrogen (secondary N) is 2. The molecular weight excluding hydrogens is 162 g/mol. The van der Waals surface area contributed by atoms with Crippen molar-refractivity contribution in [1.82, 2.24) is 5.32 Å². The van der Waals surface area contributed by atoms with Gasteiger partial charge in [-0.15, -0.1) is 0 Å². The Morgan fingerprint density at radius 2 is 2.31 bits per heavy atom. The molecule has 3 heteroatoms. The minimum absolute atomic E-state index is 0.875. The highest BCUT2D eigenvalue weighted by Crippen LogP contribution is 2.09. The standard InChI is InChI=1S/C10H15N3/c1-12-7-3-5-9-4-2-6-10(8-9)13-11/h2-6,8,12-13H,7,11H2,1H3. The van der Waals surface area contributed by atoms with E-state index in [1.807, 2.05) is 31.3 Å². The van der Waals surface area contributed by atoms with Gasteiger partial charge in [0.05, 0.1) is 0 Å². The van der Waals surface area contributed by atoms with E-state index < -0.39 is 0 Å². The van der Waals surface area contributed by atoms with Gasteiger partial charge in [0.15, 0.2) is 0 Å². The molecule has 0 saturated carbocycles. The number of hydrazine groups is 1. The van der Waals surface area contributed by atoms with Gasteiger partial charge in [-0.3, -0.25) is 5.84 Å². The fraction of sp³-hybridized carbons (Fsp3) is 0.200. The number of benzene rings is 1. The lowest BCUT2D eigenvalue weighted by atomic mass is 10.2. The Hall–Kier alpha value is -1.32. The molecule has 0 radical (unpaired) electrons. The Morgan fingerprint density at radius 3 is 3.00 bits per heavy atom. The van der Waals surface area contributed by atoms with E-state index in [1.54, 1.807) is 0 Å². The molecule has 70 valence electrons. The molecule has 0 aliphatic rings. The van der Waals surface area contributed by atoms with Crippen LogP contribution in [0.25, 0.3) is 6.08 Å². The van der Waals surface area contributed by atoms with Crippen molar-refractivity contribution in [2.45, 2.75) is 0 Å². The largest absolute Gasteiger partial charge is 0.324 e. The third-order valence-electron chi connectivity index (χ3n) is 1.69. The summed E-state index contributed by atoms with van der Waals surface area (Å²) in [6.07, 6.45) is 4.12. The van der Waals surface area contributed by atoms with Gasteiger partial charge in [0.2, 0.25) is 0 Å². The first-order valence-corrected chi connectivity index (χ1v) is 4.24. The van der Waals surface area contributed by atoms with Crippen molar-refractivity contribution in [2.75, 3.05) is 19.0 Å². The first-order chi connectivity index (χ1) is 6.36. The van der Waals surface area contributed by atoms with Crippen LogP contribution in [0, 0.1) is 0 Å². The van der Waals surface area contributed by atoms with E-state index in [0.717, 1.165) is 17.8 Å². The summed E-state index contributed by atoms with van der Waals surface area (Å²) in [7, 11) is 1.92. The van der Waals surface area contributed by atoms with Crippen molar-refractivity contribution in [3.63, 3.8) is 0 Å². The molecule has 0 amide bonds. The maximum absolute atomic E-state index is 5.29. The summed E-state index contributed by atoms with van der Waals surface area (Å²) in [4.78, 5) is 0. The van der Waals surface area contributed by atoms with Crippen molar-refractivity contribution < 1.29 is 0 Å². The van der Waals surface area contributed by atoms with Gasteiger partial charge in [-0.05, 0) is 24.7 Å². The minimum Gasteiger partial charge on any atom is -0.324 e. The quantitative estimate of drug-likeness (QED) is 0.478. The van der Waals surface area contributed by atoms with E-state index in [0.29, 0.717) is 0 Å². The number of nitrogens with two attached hydrogens (primary N) is 1. The van der Waals surface area contributed by atoms with Gasteiger partial charge < -0.3 is 10.7 Å². The molecule has 0 heterocycles. The molecule has 0 bridgehead atoms. The number of hydrogen-bond donors (Lipinski definition) is 3. The fourth-order valence-corrected chi connectivity index (χ4v) is 1.04. The molecule has 4 N–H and O–H groups in total. The van der Waals surface area contributed by atoms with Crippen LogP contribution >= 0.6 is 0 Å². The lowest BCUT2D eigenvalue weighted by Crippen LogP contribution is -2.06. The van der Waals surface area contributed by atoms with E-state index in [2.05, 4.69) is 22.9 Å². The monoisotopic (exact) mass is 177 g/mol. The van der Waals surface area contributed by atoms with Crippen LogP contribution in [0.15, 0.2) is 30.3 Å². The number of hydrogen-bond acceptors (Lipinski definition) is 3. The second-order valence-corrected chi connectivity index (χ2v) is 2.73. The molecule has 0 spiro atoms. The predicted molar refractivity (Wildman–Crippen MR) is 57.2 cm³/mol. The highest BCUT2D eigenvalue weighted by molar-refractivity contribution is 5.56. The van der Waals surface area contributed by atoms with Crippen molar-refractivity contribution in [1.29, 1.82) is 0 Å². The summed E-state index contributed by atoms with van der Waals surface area (Å²) in [5.41, 5.74) is 4.68. The van der Waals surface area contributed by atoms with Crippen molar-refractivity contribution in [3.8, 4) is 0 Å². The first-order valence-electron chi connectivity index (χ1n) is 4.24. The predicted octanol–water partition coefficient (Wildman–Crippen LogP) is 1.20. The molecule has 0 saturated heterocycles. The van der Waals surface area contributed by atoms with Crippen LogP contribution < -0.4 is 16.6 Å². The molecule has 0 aliphatic heterocycles. The van der Waals surface area contributed by atoms with E-state index in [4.69, 9.17) is 5.84 Å². The van der Waals surface area contributed by atoms with Crippen LogP contribution in [-0.4, -0.2) is 13.6 Å². The summed E-state index contributed by atoms with van der Waals surface area (Å²) in [5, 5.41) is 3.04. The van der Waals surface area contributed by atoms with Crippen LogP contribution in [0.4, 0.5) is 5.69 Å². The van der Waals surface area contributed by atoms with Crippen molar-refractivity contribution in [3.05, 3.63) is 35.9 Å². The zero-order valence-electron chi connectivity index (χ0n) is 7.75. The van der Waals surface area contributed by atoms with Crippen LogP contribution in [-0.2, 0) is 0 Å². The Labute approximate surface area is 78.6 Å². The highest BCUT2D eigenvalue weighted by atomic mass is 15.2. The van der Waals surface area contributed by atoms with Gasteiger partial charge in [-0.25, -0.2) is 0 Å². The summed E-state index contributed by atoms with van der Waals surface area (Å²) >= 11 is 0. The summed E-state index contributed by atoms with van der Waals surface area (Å²) in [6.45, 7) is 0.875. The lowest BCUT2D eigenvalue weighted by molar-refractivity contribution is 0.922. The Morgan fingerprint density at radius 1 is 1.46 bits per heavy atom. The van der Waals surface area contributed by atoms with Crippen LogP contribution in [0.5, 0.6) is 0 Å². The van der Waals surface area contributed by atoms with Gasteiger partial charge in [-0.2, -0.15) is 0 Å². The zero-order chi connectivity index (χ0) is 9.52. The molecule has 3 nitrogen and oxygen atoms in total. The average molecular weight is 177 g/mol. The highest BCUT2D eigenvalue weighted by Gasteiger charge is 1.88. The van der Waals surface area contributed by atoms with E-state index in [1.165, 1.54) is 0 Å². The topological polar surface area (TPSA) is 50.1 Å². The maximum Gasteiger partial charge on any atom is 0.0491 e. The smallest absolute Gasteiger partial charge is 0.0491 e. The third-order valence-corrected chi connectivity index (χ3v) is 1.69. The number of likely N-dealkylation sites (N-methyl/N-ethyl adjacent to an activating group) is 1. The van der Waals surface area contributed by atoms with E-state index >= 15 is 0 Å². The van der Waals surface area contributed by atoms with Gasteiger partial charge in [-0.1, -0.05) is 24.3 Å². The first kappa shape index (κ1) is 9.77. The molecule has 0 aliphatic carbocycles. The van der Waals surface area contributed by atoms with Crippen LogP contribution in [0.3, 0.4) is 0 Å². The Bertz CT molecular complexity index is 281. The van der Waals surface area contributed by atoms with Crippen molar-refractivity contribution >= 4 is 11.8 Å². The molecular formula is C10H15N3. The molecule has 13 heavy (non-hydrogen) atoms. The van der Waals surface area contributed by atoms with Crippen LogP contribution in [0.1, 0.15) is 5.56 Å². The second kappa shape index (κ2) is 5.35. The Kier molecular flexibility index (Phi) is 4.02. The van der Waals surface area contributed by atoms with Gasteiger partial charge in [0.1, 0.15) is 0 Å². The van der Waals surface area contributed by atoms with Gasteiger partial charge in [0, 0.05) is 12.2 Å². The molecule has 1 rings (SSSR count). The second-order valence-electron chi connectivity index (χ2n) is 2.73. The van der Waals surface area contributed by atoms with Crippen LogP contribution in [0.2, 0.25) is 0 Å². The molecule has 1 aromatic rings. The lowest BCUT2D eigenvalue weighted by Gasteiger charge is -1.99.